The van der Waals surface area contributed by atoms with Gasteiger partial charge in [-0.3, -0.25) is 10.1 Å². The molecule has 0 spiro atoms. The van der Waals surface area contributed by atoms with Crippen molar-refractivity contribution in [2.24, 2.45) is 0 Å². The largest absolute Gasteiger partial charge is 0.405 e. The molecule has 0 heterocycles. The molecule has 0 bridgehead atoms. The summed E-state index contributed by atoms with van der Waals surface area (Å²) in [6, 6.07) is 3.23. The van der Waals surface area contributed by atoms with Gasteiger partial charge in [-0.05, 0) is 32.0 Å². The highest BCUT2D eigenvalue weighted by atomic mass is 32.2. The van der Waals surface area contributed by atoms with Gasteiger partial charge in [0.1, 0.15) is 6.54 Å². The summed E-state index contributed by atoms with van der Waals surface area (Å²) in [5.41, 5.74) is 0.982. The third kappa shape index (κ3) is 7.86. The van der Waals surface area contributed by atoms with Gasteiger partial charge in [0, 0.05) is 26.2 Å². The molecule has 0 fully saturated rings. The molecule has 0 aliphatic heterocycles. The maximum Gasteiger partial charge on any atom is 0.405 e. The average Bonchev–Trinajstić information content (AvgIpc) is 2.72. The number of nitrogens with zero attached hydrogens (tertiary/aromatic N) is 2. The van der Waals surface area contributed by atoms with Crippen LogP contribution in [0.25, 0.3) is 0 Å². The van der Waals surface area contributed by atoms with E-state index in [1.807, 2.05) is 18.7 Å². The predicted molar refractivity (Wildman–Crippen MR) is 116 cm³/mol. The lowest BCUT2D eigenvalue weighted by Crippen LogP contribution is -2.45. The van der Waals surface area contributed by atoms with Gasteiger partial charge in [0.25, 0.3) is 0 Å². The van der Waals surface area contributed by atoms with Crippen LogP contribution in [0.15, 0.2) is 23.1 Å². The van der Waals surface area contributed by atoms with E-state index in [4.69, 9.17) is 0 Å². The van der Waals surface area contributed by atoms with Crippen molar-refractivity contribution < 1.29 is 31.2 Å². The third-order valence-electron chi connectivity index (χ3n) is 4.56. The molecular formula is C19H30F3N5O4S. The molecule has 3 N–H and O–H groups in total. The van der Waals surface area contributed by atoms with Gasteiger partial charge >= 0.3 is 12.2 Å². The number of sulfonamides is 1. The summed E-state index contributed by atoms with van der Waals surface area (Å²) in [4.78, 5) is 25.4. The monoisotopic (exact) mass is 481 g/mol. The van der Waals surface area contributed by atoms with E-state index < -0.39 is 41.2 Å². The molecule has 1 rings (SSSR count). The lowest BCUT2D eigenvalue weighted by atomic mass is 10.2. The van der Waals surface area contributed by atoms with Gasteiger partial charge in [0.05, 0.1) is 22.8 Å². The van der Waals surface area contributed by atoms with Crippen LogP contribution in [0, 0.1) is 0 Å². The van der Waals surface area contributed by atoms with E-state index in [0.717, 1.165) is 0 Å². The Bertz CT molecular complexity index is 885. The Kier molecular flexibility index (Phi) is 10.2. The van der Waals surface area contributed by atoms with Crippen molar-refractivity contribution in [3.63, 3.8) is 0 Å². The highest BCUT2D eigenvalue weighted by Crippen LogP contribution is 2.30. The standard InChI is InChI=1S/C19H30F3N5O4S/c1-5-26(6-2)16-10-9-14(32(30,31)27(7-3)8-4)11-15(16)23-12-17(28)25-18(29)24-13-19(20,21)22/h9-11,23H,5-8,12-13H2,1-4H3,(H2,24,25,28,29). The zero-order valence-electron chi connectivity index (χ0n) is 18.5. The van der Waals surface area contributed by atoms with Crippen LogP contribution in [0.1, 0.15) is 27.7 Å². The van der Waals surface area contributed by atoms with Crippen LogP contribution in [0.4, 0.5) is 29.3 Å². The molecule has 0 unspecified atom stereocenters. The van der Waals surface area contributed by atoms with E-state index in [1.165, 1.54) is 21.8 Å². The van der Waals surface area contributed by atoms with Crippen LogP contribution >= 0.6 is 0 Å². The zero-order valence-corrected chi connectivity index (χ0v) is 19.4. The maximum atomic E-state index is 12.9. The molecule has 1 aromatic rings. The summed E-state index contributed by atoms with van der Waals surface area (Å²) in [6.07, 6.45) is -4.60. The van der Waals surface area contributed by atoms with Crippen molar-refractivity contribution in [2.45, 2.75) is 38.8 Å². The van der Waals surface area contributed by atoms with E-state index in [9.17, 15) is 31.2 Å². The Morgan fingerprint density at radius 2 is 1.59 bits per heavy atom. The number of amides is 3. The van der Waals surface area contributed by atoms with Crippen molar-refractivity contribution in [1.29, 1.82) is 0 Å². The Labute approximate surface area is 186 Å². The first-order valence-electron chi connectivity index (χ1n) is 10.2. The molecule has 0 atom stereocenters. The van der Waals surface area contributed by atoms with Crippen molar-refractivity contribution >= 4 is 33.3 Å². The summed E-state index contributed by atoms with van der Waals surface area (Å²) < 4.78 is 63.5. The molecule has 32 heavy (non-hydrogen) atoms. The third-order valence-corrected chi connectivity index (χ3v) is 6.60. The topological polar surface area (TPSA) is 111 Å². The molecular weight excluding hydrogens is 451 g/mol. The fraction of sp³-hybridized carbons (Fsp3) is 0.579. The van der Waals surface area contributed by atoms with Crippen molar-refractivity contribution in [3.05, 3.63) is 18.2 Å². The molecule has 1 aromatic carbocycles. The molecule has 0 aliphatic carbocycles. The van der Waals surface area contributed by atoms with Gasteiger partial charge in [-0.15, -0.1) is 0 Å². The van der Waals surface area contributed by atoms with Gasteiger partial charge in [-0.1, -0.05) is 13.8 Å². The number of alkyl halides is 3. The summed E-state index contributed by atoms with van der Waals surface area (Å²) in [7, 11) is -3.75. The first-order chi connectivity index (χ1) is 14.9. The van der Waals surface area contributed by atoms with Gasteiger partial charge in [-0.2, -0.15) is 17.5 Å². The number of anilines is 2. The molecule has 0 saturated carbocycles. The number of benzene rings is 1. The first-order valence-corrected chi connectivity index (χ1v) is 11.6. The fourth-order valence-corrected chi connectivity index (χ4v) is 4.43. The van der Waals surface area contributed by atoms with E-state index in [0.29, 0.717) is 24.5 Å². The Morgan fingerprint density at radius 3 is 2.09 bits per heavy atom. The quantitative estimate of drug-likeness (QED) is 0.448. The van der Waals surface area contributed by atoms with Gasteiger partial charge in [-0.25, -0.2) is 13.2 Å². The smallest absolute Gasteiger partial charge is 0.374 e. The summed E-state index contributed by atoms with van der Waals surface area (Å²) in [5.74, 6) is -0.882. The molecule has 182 valence electrons. The molecule has 9 nitrogen and oxygen atoms in total. The molecule has 13 heteroatoms. The molecule has 0 aromatic heterocycles. The predicted octanol–water partition coefficient (Wildman–Crippen LogP) is 2.36. The SMILES string of the molecule is CCN(CC)c1ccc(S(=O)(=O)N(CC)CC)cc1NCC(=O)NC(=O)NCC(F)(F)F. The van der Waals surface area contributed by atoms with Gasteiger partial charge in [0.15, 0.2) is 0 Å². The normalized spacial score (nSPS) is 11.9. The van der Waals surface area contributed by atoms with Crippen LogP contribution in [0.5, 0.6) is 0 Å². The number of carbonyl (C=O) groups is 2. The van der Waals surface area contributed by atoms with Crippen molar-refractivity contribution in [2.75, 3.05) is 49.5 Å². The Hall–Kier alpha value is -2.54. The van der Waals surface area contributed by atoms with Crippen LogP contribution < -0.4 is 20.9 Å². The number of urea groups is 1. The second-order valence-electron chi connectivity index (χ2n) is 6.64. The fourth-order valence-electron chi connectivity index (χ4n) is 2.94. The van der Waals surface area contributed by atoms with Crippen LogP contribution in [-0.4, -0.2) is 70.1 Å². The highest BCUT2D eigenvalue weighted by molar-refractivity contribution is 7.89. The molecule has 0 aliphatic rings. The minimum absolute atomic E-state index is 0.0305. The van der Waals surface area contributed by atoms with Gasteiger partial charge < -0.3 is 15.5 Å². The Balaban J connectivity index is 3.07. The first kappa shape index (κ1) is 27.5. The number of carbonyl (C=O) groups excluding carboxylic acids is 2. The van der Waals surface area contributed by atoms with E-state index in [1.54, 1.807) is 25.2 Å². The number of rotatable bonds is 11. The van der Waals surface area contributed by atoms with Crippen LogP contribution in [0.2, 0.25) is 0 Å². The number of nitrogens with one attached hydrogen (secondary N) is 3. The minimum atomic E-state index is -4.60. The van der Waals surface area contributed by atoms with Crippen LogP contribution in [-0.2, 0) is 14.8 Å². The van der Waals surface area contributed by atoms with E-state index in [2.05, 4.69) is 5.32 Å². The lowest BCUT2D eigenvalue weighted by molar-refractivity contribution is -0.124. The second kappa shape index (κ2) is 11.9. The lowest BCUT2D eigenvalue weighted by Gasteiger charge is -2.26. The summed E-state index contributed by atoms with van der Waals surface area (Å²) >= 11 is 0. The maximum absolute atomic E-state index is 12.9. The summed E-state index contributed by atoms with van der Waals surface area (Å²) in [6.45, 7) is 7.02. The zero-order chi connectivity index (χ0) is 24.5. The average molecular weight is 482 g/mol. The van der Waals surface area contributed by atoms with E-state index in [-0.39, 0.29) is 18.0 Å². The van der Waals surface area contributed by atoms with E-state index >= 15 is 0 Å². The molecule has 0 radical (unpaired) electrons. The van der Waals surface area contributed by atoms with Crippen molar-refractivity contribution in [1.82, 2.24) is 14.9 Å². The van der Waals surface area contributed by atoms with Crippen molar-refractivity contribution in [3.8, 4) is 0 Å². The number of imide groups is 1. The summed E-state index contributed by atoms with van der Waals surface area (Å²) in [5, 5.41) is 6.11. The molecule has 3 amide bonds. The number of hydrogen-bond acceptors (Lipinski definition) is 6. The highest BCUT2D eigenvalue weighted by Gasteiger charge is 2.28. The Morgan fingerprint density at radius 1 is 1.00 bits per heavy atom. The van der Waals surface area contributed by atoms with Crippen LogP contribution in [0.3, 0.4) is 0 Å². The minimum Gasteiger partial charge on any atom is -0.374 e. The second-order valence-corrected chi connectivity index (χ2v) is 8.58. The van der Waals surface area contributed by atoms with Gasteiger partial charge in [0.2, 0.25) is 15.9 Å². The number of halogens is 3. The number of hydrogen-bond donors (Lipinski definition) is 3. The molecule has 0 saturated heterocycles.